The zero-order valence-corrected chi connectivity index (χ0v) is 12.2. The second-order valence-corrected chi connectivity index (χ2v) is 5.91. The van der Waals surface area contributed by atoms with Gasteiger partial charge in [0.25, 0.3) is 0 Å². The summed E-state index contributed by atoms with van der Waals surface area (Å²) in [5.74, 6) is 0. The zero-order valence-electron chi connectivity index (χ0n) is 11.3. The fourth-order valence-corrected chi connectivity index (χ4v) is 2.48. The lowest BCUT2D eigenvalue weighted by Crippen LogP contribution is -2.31. The molecule has 3 atom stereocenters. The molecule has 0 saturated heterocycles. The van der Waals surface area contributed by atoms with Crippen LogP contribution in [0.3, 0.4) is 0 Å². The fraction of sp³-hybridized carbons (Fsp3) is 0.571. The minimum atomic E-state index is -0.919. The average Bonchev–Trinajstić information content (AvgIpc) is 2.38. The molecule has 3 unspecified atom stereocenters. The van der Waals surface area contributed by atoms with Gasteiger partial charge < -0.3 is 10.4 Å². The number of hydrogen-bond acceptors (Lipinski definition) is 3. The lowest BCUT2D eigenvalue weighted by atomic mass is 10.1. The van der Waals surface area contributed by atoms with E-state index in [2.05, 4.69) is 19.2 Å². The van der Waals surface area contributed by atoms with Crippen molar-refractivity contribution in [3.8, 4) is 0 Å². The van der Waals surface area contributed by atoms with Gasteiger partial charge in [0.15, 0.2) is 0 Å². The van der Waals surface area contributed by atoms with E-state index in [9.17, 15) is 4.21 Å². The first-order valence-electron chi connectivity index (χ1n) is 6.38. The number of aliphatic hydroxyl groups excluding tert-OH is 1. The van der Waals surface area contributed by atoms with Crippen molar-refractivity contribution in [2.24, 2.45) is 0 Å². The number of benzene rings is 1. The van der Waals surface area contributed by atoms with Crippen LogP contribution in [0.1, 0.15) is 38.3 Å². The SMILES string of the molecule is CCC(CCO)NC(C)c1ccc(S(C)=O)cc1. The summed E-state index contributed by atoms with van der Waals surface area (Å²) in [4.78, 5) is 0.855. The molecule has 0 aliphatic rings. The molecule has 0 aromatic heterocycles. The molecule has 1 aromatic carbocycles. The minimum absolute atomic E-state index is 0.214. The van der Waals surface area contributed by atoms with E-state index < -0.39 is 10.8 Å². The standard InChI is InChI=1S/C14H23NO2S/c1-4-13(9-10-16)15-11(2)12-5-7-14(8-6-12)18(3)17/h5-8,11,13,15-16H,4,9-10H2,1-3H3. The van der Waals surface area contributed by atoms with Crippen LogP contribution in [0.15, 0.2) is 29.2 Å². The summed E-state index contributed by atoms with van der Waals surface area (Å²) < 4.78 is 11.3. The lowest BCUT2D eigenvalue weighted by molar-refractivity contribution is 0.257. The first-order chi connectivity index (χ1) is 8.58. The van der Waals surface area contributed by atoms with Gasteiger partial charge in [-0.05, 0) is 37.5 Å². The summed E-state index contributed by atoms with van der Waals surface area (Å²) in [6.07, 6.45) is 3.46. The Balaban J connectivity index is 2.65. The van der Waals surface area contributed by atoms with Gasteiger partial charge in [-0.25, -0.2) is 0 Å². The summed E-state index contributed by atoms with van der Waals surface area (Å²) in [6.45, 7) is 4.44. The Kier molecular flexibility index (Phi) is 6.54. The molecular weight excluding hydrogens is 246 g/mol. The van der Waals surface area contributed by atoms with E-state index in [-0.39, 0.29) is 12.6 Å². The van der Waals surface area contributed by atoms with Gasteiger partial charge in [0, 0.05) is 40.6 Å². The van der Waals surface area contributed by atoms with Crippen LogP contribution >= 0.6 is 0 Å². The van der Waals surface area contributed by atoms with Gasteiger partial charge in [-0.2, -0.15) is 0 Å². The molecule has 2 N–H and O–H groups in total. The maximum Gasteiger partial charge on any atom is 0.0498 e. The van der Waals surface area contributed by atoms with Crippen molar-refractivity contribution in [1.29, 1.82) is 0 Å². The Morgan fingerprint density at radius 1 is 1.33 bits per heavy atom. The minimum Gasteiger partial charge on any atom is -0.396 e. The number of hydrogen-bond donors (Lipinski definition) is 2. The van der Waals surface area contributed by atoms with E-state index in [1.54, 1.807) is 6.26 Å². The first kappa shape index (κ1) is 15.3. The normalized spacial score (nSPS) is 16.2. The predicted octanol–water partition coefficient (Wildman–Crippen LogP) is 2.24. The molecule has 0 aliphatic heterocycles. The Bertz CT molecular complexity index is 378. The monoisotopic (exact) mass is 269 g/mol. The van der Waals surface area contributed by atoms with Gasteiger partial charge in [-0.1, -0.05) is 19.1 Å². The van der Waals surface area contributed by atoms with Crippen LogP contribution in [0.25, 0.3) is 0 Å². The second-order valence-electron chi connectivity index (χ2n) is 4.53. The van der Waals surface area contributed by atoms with E-state index in [1.165, 1.54) is 5.56 Å². The Morgan fingerprint density at radius 3 is 2.39 bits per heavy atom. The smallest absolute Gasteiger partial charge is 0.0498 e. The highest BCUT2D eigenvalue weighted by Crippen LogP contribution is 2.16. The molecule has 0 heterocycles. The van der Waals surface area contributed by atoms with Crippen molar-refractivity contribution < 1.29 is 9.32 Å². The molecule has 102 valence electrons. The van der Waals surface area contributed by atoms with Crippen molar-refractivity contribution in [1.82, 2.24) is 5.32 Å². The van der Waals surface area contributed by atoms with Gasteiger partial charge in [0.1, 0.15) is 0 Å². The third-order valence-corrected chi connectivity index (χ3v) is 4.10. The Hall–Kier alpha value is -0.710. The molecule has 4 heteroatoms. The summed E-state index contributed by atoms with van der Waals surface area (Å²) in [5, 5.41) is 12.5. The quantitative estimate of drug-likeness (QED) is 0.798. The van der Waals surface area contributed by atoms with Crippen molar-refractivity contribution in [3.63, 3.8) is 0 Å². The van der Waals surface area contributed by atoms with E-state index >= 15 is 0 Å². The first-order valence-corrected chi connectivity index (χ1v) is 7.94. The van der Waals surface area contributed by atoms with Gasteiger partial charge >= 0.3 is 0 Å². The zero-order chi connectivity index (χ0) is 13.5. The Morgan fingerprint density at radius 2 is 1.94 bits per heavy atom. The summed E-state index contributed by atoms with van der Waals surface area (Å²) in [6, 6.07) is 8.43. The molecular formula is C14H23NO2S. The average molecular weight is 269 g/mol. The molecule has 0 spiro atoms. The van der Waals surface area contributed by atoms with Gasteiger partial charge in [-0.3, -0.25) is 4.21 Å². The van der Waals surface area contributed by atoms with Crippen molar-refractivity contribution in [2.75, 3.05) is 12.9 Å². The molecule has 0 aliphatic carbocycles. The van der Waals surface area contributed by atoms with E-state index in [4.69, 9.17) is 5.11 Å². The van der Waals surface area contributed by atoms with E-state index in [1.807, 2.05) is 24.3 Å². The molecule has 1 aromatic rings. The molecule has 0 radical (unpaired) electrons. The molecule has 0 bridgehead atoms. The number of rotatable bonds is 7. The van der Waals surface area contributed by atoms with Gasteiger partial charge in [-0.15, -0.1) is 0 Å². The number of nitrogens with one attached hydrogen (secondary N) is 1. The third kappa shape index (κ3) is 4.52. The van der Waals surface area contributed by atoms with Crippen LogP contribution in [0.2, 0.25) is 0 Å². The van der Waals surface area contributed by atoms with Crippen molar-refractivity contribution in [2.45, 2.75) is 43.7 Å². The van der Waals surface area contributed by atoms with Crippen LogP contribution in [0.5, 0.6) is 0 Å². The largest absolute Gasteiger partial charge is 0.396 e. The highest BCUT2D eigenvalue weighted by Gasteiger charge is 2.11. The third-order valence-electron chi connectivity index (χ3n) is 3.17. The fourth-order valence-electron chi connectivity index (χ4n) is 1.96. The lowest BCUT2D eigenvalue weighted by Gasteiger charge is -2.22. The highest BCUT2D eigenvalue weighted by atomic mass is 32.2. The van der Waals surface area contributed by atoms with Crippen LogP contribution < -0.4 is 5.32 Å². The van der Waals surface area contributed by atoms with E-state index in [0.717, 1.165) is 17.7 Å². The van der Waals surface area contributed by atoms with Crippen LogP contribution in [-0.4, -0.2) is 28.2 Å². The maximum atomic E-state index is 11.3. The highest BCUT2D eigenvalue weighted by molar-refractivity contribution is 7.84. The molecule has 1 rings (SSSR count). The van der Waals surface area contributed by atoms with Crippen molar-refractivity contribution >= 4 is 10.8 Å². The Labute approximate surface area is 112 Å². The topological polar surface area (TPSA) is 49.3 Å². The van der Waals surface area contributed by atoms with Crippen LogP contribution in [0, 0.1) is 0 Å². The molecule has 0 saturated carbocycles. The molecule has 0 amide bonds. The van der Waals surface area contributed by atoms with Gasteiger partial charge in [0.2, 0.25) is 0 Å². The van der Waals surface area contributed by atoms with Gasteiger partial charge in [0.05, 0.1) is 0 Å². The summed E-state index contributed by atoms with van der Waals surface area (Å²) >= 11 is 0. The number of aliphatic hydroxyl groups is 1. The molecule has 0 fully saturated rings. The van der Waals surface area contributed by atoms with Crippen LogP contribution in [-0.2, 0) is 10.8 Å². The molecule has 3 nitrogen and oxygen atoms in total. The summed E-state index contributed by atoms with van der Waals surface area (Å²) in [5.41, 5.74) is 1.18. The summed E-state index contributed by atoms with van der Waals surface area (Å²) in [7, 11) is -0.919. The maximum absolute atomic E-state index is 11.3. The van der Waals surface area contributed by atoms with Crippen molar-refractivity contribution in [3.05, 3.63) is 29.8 Å². The second kappa shape index (κ2) is 7.67. The van der Waals surface area contributed by atoms with E-state index in [0.29, 0.717) is 6.04 Å². The van der Waals surface area contributed by atoms with Crippen LogP contribution in [0.4, 0.5) is 0 Å². The molecule has 18 heavy (non-hydrogen) atoms. The predicted molar refractivity (Wildman–Crippen MR) is 76.1 cm³/mol.